The topological polar surface area (TPSA) is 40.6 Å². The molecule has 0 radical (unpaired) electrons. The number of nitrogens with zero attached hydrogens (tertiary/aromatic N) is 2. The highest BCUT2D eigenvalue weighted by atomic mass is 32.2. The molecule has 0 aromatic heterocycles. The third-order valence-corrected chi connectivity index (χ3v) is 8.10. The van der Waals surface area contributed by atoms with Crippen LogP contribution >= 0.6 is 0 Å². The van der Waals surface area contributed by atoms with Crippen LogP contribution in [0.25, 0.3) is 0 Å². The Morgan fingerprint density at radius 1 is 1.00 bits per heavy atom. The minimum Gasteiger partial charge on any atom is -0.303 e. The van der Waals surface area contributed by atoms with Crippen molar-refractivity contribution in [2.45, 2.75) is 63.7 Å². The summed E-state index contributed by atoms with van der Waals surface area (Å²) >= 11 is 0. The molecule has 0 amide bonds. The van der Waals surface area contributed by atoms with E-state index in [0.717, 1.165) is 30.9 Å². The molecule has 0 N–H and O–H groups in total. The van der Waals surface area contributed by atoms with Crippen molar-refractivity contribution in [3.63, 3.8) is 0 Å². The number of benzene rings is 1. The zero-order valence-electron chi connectivity index (χ0n) is 17.4. The summed E-state index contributed by atoms with van der Waals surface area (Å²) in [5.74, 6) is 1.43. The molecule has 1 aromatic carbocycles. The van der Waals surface area contributed by atoms with E-state index in [0.29, 0.717) is 23.9 Å². The molecule has 2 saturated heterocycles. The second kappa shape index (κ2) is 8.22. The average Bonchev–Trinajstić information content (AvgIpc) is 2.62. The van der Waals surface area contributed by atoms with E-state index in [2.05, 4.69) is 32.6 Å². The lowest BCUT2D eigenvalue weighted by molar-refractivity contribution is 0.136. The van der Waals surface area contributed by atoms with Crippen molar-refractivity contribution in [3.8, 4) is 0 Å². The summed E-state index contributed by atoms with van der Waals surface area (Å²) in [5.41, 5.74) is 1.20. The summed E-state index contributed by atoms with van der Waals surface area (Å²) in [5, 5.41) is 0. The molecule has 5 heteroatoms. The largest absolute Gasteiger partial charge is 0.303 e. The molecular formula is C22H36N2O2S. The highest BCUT2D eigenvalue weighted by Crippen LogP contribution is 2.28. The van der Waals surface area contributed by atoms with Gasteiger partial charge in [0, 0.05) is 26.2 Å². The van der Waals surface area contributed by atoms with Crippen molar-refractivity contribution in [2.75, 3.05) is 32.7 Å². The molecular weight excluding hydrogens is 356 g/mol. The average molecular weight is 393 g/mol. The summed E-state index contributed by atoms with van der Waals surface area (Å²) in [4.78, 5) is 3.02. The molecule has 0 bridgehead atoms. The van der Waals surface area contributed by atoms with Gasteiger partial charge in [0.2, 0.25) is 10.0 Å². The first-order valence-corrected chi connectivity index (χ1v) is 11.9. The van der Waals surface area contributed by atoms with E-state index < -0.39 is 10.0 Å². The standard InChI is InChI=1S/C22H36N2O2S/c1-18-6-5-13-23(16-18)17-19-11-14-24(15-12-19)27(25,26)21-9-7-20(8-10-21)22(2,3)4/h7-10,18-19H,5-6,11-17H2,1-4H3/t18-/m0/s1. The lowest BCUT2D eigenvalue weighted by Crippen LogP contribution is -2.43. The number of likely N-dealkylation sites (tertiary alicyclic amines) is 1. The van der Waals surface area contributed by atoms with Gasteiger partial charge < -0.3 is 4.90 Å². The van der Waals surface area contributed by atoms with Crippen LogP contribution in [0.5, 0.6) is 0 Å². The minimum absolute atomic E-state index is 0.0343. The summed E-state index contributed by atoms with van der Waals surface area (Å²) in [6.07, 6.45) is 4.61. The smallest absolute Gasteiger partial charge is 0.243 e. The molecule has 1 atom stereocenters. The van der Waals surface area contributed by atoms with Gasteiger partial charge in [0.05, 0.1) is 4.90 Å². The quantitative estimate of drug-likeness (QED) is 0.774. The highest BCUT2D eigenvalue weighted by molar-refractivity contribution is 7.89. The lowest BCUT2D eigenvalue weighted by atomic mass is 9.87. The second-order valence-corrected chi connectivity index (χ2v) is 11.6. The summed E-state index contributed by atoms with van der Waals surface area (Å²) in [6.45, 7) is 13.6. The molecule has 2 heterocycles. The van der Waals surface area contributed by atoms with Crippen LogP contribution in [-0.4, -0.2) is 50.3 Å². The Morgan fingerprint density at radius 2 is 1.63 bits per heavy atom. The van der Waals surface area contributed by atoms with Crippen molar-refractivity contribution in [1.82, 2.24) is 9.21 Å². The van der Waals surface area contributed by atoms with Crippen molar-refractivity contribution >= 4 is 10.0 Å². The predicted octanol–water partition coefficient (Wildman–Crippen LogP) is 4.12. The van der Waals surface area contributed by atoms with Gasteiger partial charge in [-0.05, 0) is 67.2 Å². The van der Waals surface area contributed by atoms with Gasteiger partial charge in [-0.3, -0.25) is 0 Å². The summed E-state index contributed by atoms with van der Waals surface area (Å²) in [7, 11) is -3.37. The van der Waals surface area contributed by atoms with E-state index in [9.17, 15) is 8.42 Å². The minimum atomic E-state index is -3.37. The number of hydrogen-bond acceptors (Lipinski definition) is 3. The van der Waals surface area contributed by atoms with Crippen LogP contribution in [0.1, 0.15) is 58.9 Å². The van der Waals surface area contributed by atoms with E-state index in [1.54, 1.807) is 16.4 Å². The van der Waals surface area contributed by atoms with Gasteiger partial charge in [0.25, 0.3) is 0 Å². The van der Waals surface area contributed by atoms with Crippen molar-refractivity contribution in [3.05, 3.63) is 29.8 Å². The Bertz CT molecular complexity index is 714. The lowest BCUT2D eigenvalue weighted by Gasteiger charge is -2.37. The molecule has 152 valence electrons. The number of hydrogen-bond donors (Lipinski definition) is 0. The molecule has 2 fully saturated rings. The van der Waals surface area contributed by atoms with E-state index in [-0.39, 0.29) is 5.41 Å². The third kappa shape index (κ3) is 5.12. The van der Waals surface area contributed by atoms with Gasteiger partial charge in [-0.25, -0.2) is 8.42 Å². The van der Waals surface area contributed by atoms with Crippen molar-refractivity contribution in [2.24, 2.45) is 11.8 Å². The molecule has 3 rings (SSSR count). The maximum absolute atomic E-state index is 13.0. The number of sulfonamides is 1. The van der Waals surface area contributed by atoms with Crippen LogP contribution in [0, 0.1) is 11.8 Å². The van der Waals surface area contributed by atoms with E-state index >= 15 is 0 Å². The van der Waals surface area contributed by atoms with Crippen LogP contribution in [-0.2, 0) is 15.4 Å². The molecule has 1 aromatic rings. The molecule has 0 aliphatic carbocycles. The Labute approximate surface area is 166 Å². The fourth-order valence-corrected chi connectivity index (χ4v) is 5.90. The van der Waals surface area contributed by atoms with Crippen molar-refractivity contribution in [1.29, 1.82) is 0 Å². The summed E-state index contributed by atoms with van der Waals surface area (Å²) < 4.78 is 27.7. The Balaban J connectivity index is 1.58. The monoisotopic (exact) mass is 392 g/mol. The zero-order chi connectivity index (χ0) is 19.7. The maximum Gasteiger partial charge on any atom is 0.243 e. The van der Waals surface area contributed by atoms with E-state index in [4.69, 9.17) is 0 Å². The number of piperidine rings is 2. The first kappa shape index (κ1) is 20.8. The fourth-order valence-electron chi connectivity index (χ4n) is 4.43. The molecule has 2 aliphatic heterocycles. The molecule has 0 spiro atoms. The molecule has 0 saturated carbocycles. The highest BCUT2D eigenvalue weighted by Gasteiger charge is 2.31. The van der Waals surface area contributed by atoms with Crippen molar-refractivity contribution < 1.29 is 8.42 Å². The van der Waals surface area contributed by atoms with E-state index in [1.165, 1.54) is 25.9 Å². The van der Waals surface area contributed by atoms with Gasteiger partial charge in [-0.1, -0.05) is 39.8 Å². The third-order valence-electron chi connectivity index (χ3n) is 6.19. The van der Waals surface area contributed by atoms with Gasteiger partial charge in [-0.15, -0.1) is 0 Å². The zero-order valence-corrected chi connectivity index (χ0v) is 18.3. The number of rotatable bonds is 4. The SMILES string of the molecule is C[C@H]1CCCN(CC2CCN(S(=O)(=O)c3ccc(C(C)(C)C)cc3)CC2)C1. The summed E-state index contributed by atoms with van der Waals surface area (Å²) in [6, 6.07) is 7.46. The van der Waals surface area contributed by atoms with Gasteiger partial charge >= 0.3 is 0 Å². The fraction of sp³-hybridized carbons (Fsp3) is 0.727. The van der Waals surface area contributed by atoms with Crippen LogP contribution in [0.3, 0.4) is 0 Å². The maximum atomic E-state index is 13.0. The van der Waals surface area contributed by atoms with Crippen LogP contribution in [0.15, 0.2) is 29.2 Å². The molecule has 4 nitrogen and oxygen atoms in total. The molecule has 27 heavy (non-hydrogen) atoms. The normalized spacial score (nSPS) is 24.2. The predicted molar refractivity (Wildman–Crippen MR) is 111 cm³/mol. The molecule has 2 aliphatic rings. The van der Waals surface area contributed by atoms with Gasteiger partial charge in [0.1, 0.15) is 0 Å². The second-order valence-electron chi connectivity index (χ2n) is 9.63. The Morgan fingerprint density at radius 3 is 2.19 bits per heavy atom. The molecule has 0 unspecified atom stereocenters. The van der Waals surface area contributed by atoms with E-state index in [1.807, 2.05) is 12.1 Å². The first-order chi connectivity index (χ1) is 12.7. The Kier molecular flexibility index (Phi) is 6.34. The first-order valence-electron chi connectivity index (χ1n) is 10.5. The van der Waals surface area contributed by atoms with Gasteiger partial charge in [0.15, 0.2) is 0 Å². The Hall–Kier alpha value is -0.910. The van der Waals surface area contributed by atoms with Crippen LogP contribution < -0.4 is 0 Å². The van der Waals surface area contributed by atoms with Crippen LogP contribution in [0.2, 0.25) is 0 Å². The van der Waals surface area contributed by atoms with Gasteiger partial charge in [-0.2, -0.15) is 4.31 Å². The van der Waals surface area contributed by atoms with Crippen LogP contribution in [0.4, 0.5) is 0 Å².